The number of phenolic OH excluding ortho intramolecular Hbond substituents is 1. The van der Waals surface area contributed by atoms with Gasteiger partial charge < -0.3 is 19.3 Å². The molecule has 5 nitrogen and oxygen atoms in total. The number of rotatable bonds is 3. The van der Waals surface area contributed by atoms with E-state index < -0.39 is 6.10 Å². The first-order chi connectivity index (χ1) is 10.6. The lowest BCUT2D eigenvalue weighted by atomic mass is 9.95. The molecule has 0 amide bonds. The summed E-state index contributed by atoms with van der Waals surface area (Å²) >= 11 is 0. The Labute approximate surface area is 128 Å². The molecule has 1 atom stereocenters. The van der Waals surface area contributed by atoms with E-state index in [9.17, 15) is 9.90 Å². The predicted molar refractivity (Wildman–Crippen MR) is 80.0 cm³/mol. The predicted octanol–water partition coefficient (Wildman–Crippen LogP) is 3.12. The molecule has 0 radical (unpaired) electrons. The van der Waals surface area contributed by atoms with Crippen LogP contribution in [0.3, 0.4) is 0 Å². The molecule has 0 aromatic heterocycles. The van der Waals surface area contributed by atoms with Crippen LogP contribution in [0, 0.1) is 0 Å². The highest BCUT2D eigenvalue weighted by Crippen LogP contribution is 2.42. The lowest BCUT2D eigenvalue weighted by Crippen LogP contribution is -2.21. The lowest BCUT2D eigenvalue weighted by molar-refractivity contribution is 0.0844. The molecule has 2 aromatic rings. The van der Waals surface area contributed by atoms with Crippen LogP contribution >= 0.6 is 0 Å². The third-order valence-electron chi connectivity index (χ3n) is 3.68. The summed E-state index contributed by atoms with van der Waals surface area (Å²) in [5.41, 5.74) is 1.27. The third-order valence-corrected chi connectivity index (χ3v) is 3.68. The van der Waals surface area contributed by atoms with Gasteiger partial charge in [0.2, 0.25) is 0 Å². The molecule has 0 aliphatic carbocycles. The number of ether oxygens (including phenoxy) is 3. The van der Waals surface area contributed by atoms with E-state index in [1.807, 2.05) is 0 Å². The summed E-state index contributed by atoms with van der Waals surface area (Å²) in [6.45, 7) is 0. The second kappa shape index (κ2) is 5.60. The second-order valence-corrected chi connectivity index (χ2v) is 5.03. The summed E-state index contributed by atoms with van der Waals surface area (Å²) in [6.07, 6.45) is -0.169. The number of carbonyl (C=O) groups is 1. The van der Waals surface area contributed by atoms with Crippen LogP contribution in [0.1, 0.15) is 28.4 Å². The summed E-state index contributed by atoms with van der Waals surface area (Å²) < 4.78 is 16.4. The van der Waals surface area contributed by atoms with E-state index in [-0.39, 0.29) is 18.0 Å². The Morgan fingerprint density at radius 1 is 1.14 bits per heavy atom. The van der Waals surface area contributed by atoms with Crippen LogP contribution in [-0.4, -0.2) is 25.1 Å². The van der Waals surface area contributed by atoms with Crippen LogP contribution in [0.4, 0.5) is 0 Å². The Morgan fingerprint density at radius 2 is 1.86 bits per heavy atom. The van der Waals surface area contributed by atoms with Crippen LogP contribution in [0.25, 0.3) is 0 Å². The van der Waals surface area contributed by atoms with Crippen molar-refractivity contribution in [2.75, 3.05) is 14.2 Å². The smallest absolute Gasteiger partial charge is 0.174 e. The van der Waals surface area contributed by atoms with E-state index in [0.29, 0.717) is 22.8 Å². The fourth-order valence-electron chi connectivity index (χ4n) is 2.55. The molecule has 2 aromatic carbocycles. The van der Waals surface area contributed by atoms with Gasteiger partial charge >= 0.3 is 0 Å². The number of Topliss-reactive ketones (excluding diaryl/α,β-unsaturated/α-hetero) is 1. The van der Waals surface area contributed by atoms with E-state index in [1.54, 1.807) is 43.5 Å². The van der Waals surface area contributed by atoms with Crippen molar-refractivity contribution in [1.29, 1.82) is 0 Å². The number of benzene rings is 2. The number of phenols is 1. The van der Waals surface area contributed by atoms with Gasteiger partial charge in [0.15, 0.2) is 5.78 Å². The van der Waals surface area contributed by atoms with Crippen LogP contribution in [0.5, 0.6) is 23.0 Å². The van der Waals surface area contributed by atoms with Crippen molar-refractivity contribution >= 4 is 5.78 Å². The molecule has 0 saturated heterocycles. The maximum absolute atomic E-state index is 12.5. The molecule has 0 bridgehead atoms. The minimum Gasteiger partial charge on any atom is -0.508 e. The standard InChI is InChI=1S/C17H16O5/c1-20-12-7-15(21-2)17-13(19)9-14(22-16(17)8-12)10-3-5-11(18)6-4-10/h3-8,14,18H,9H2,1-2H3/t14-/m1/s1. The molecule has 22 heavy (non-hydrogen) atoms. The van der Waals surface area contributed by atoms with Crippen molar-refractivity contribution in [2.24, 2.45) is 0 Å². The largest absolute Gasteiger partial charge is 0.508 e. The molecule has 1 aliphatic rings. The van der Waals surface area contributed by atoms with Crippen LogP contribution < -0.4 is 14.2 Å². The van der Waals surface area contributed by atoms with Gasteiger partial charge in [0, 0.05) is 12.1 Å². The average molecular weight is 300 g/mol. The Bertz CT molecular complexity index is 706. The highest BCUT2D eigenvalue weighted by atomic mass is 16.5. The zero-order chi connectivity index (χ0) is 15.7. The van der Waals surface area contributed by atoms with E-state index in [2.05, 4.69) is 0 Å². The quantitative estimate of drug-likeness (QED) is 0.943. The number of hydrogen-bond donors (Lipinski definition) is 1. The van der Waals surface area contributed by atoms with Gasteiger partial charge in [-0.05, 0) is 17.7 Å². The summed E-state index contributed by atoms with van der Waals surface area (Å²) in [5.74, 6) is 1.59. The van der Waals surface area contributed by atoms with Gasteiger partial charge in [0.1, 0.15) is 34.7 Å². The molecular formula is C17H16O5. The lowest BCUT2D eigenvalue weighted by Gasteiger charge is -2.27. The van der Waals surface area contributed by atoms with Crippen molar-refractivity contribution in [3.8, 4) is 23.0 Å². The normalized spacial score (nSPS) is 16.6. The number of hydrogen-bond acceptors (Lipinski definition) is 5. The molecule has 114 valence electrons. The van der Waals surface area contributed by atoms with Gasteiger partial charge in [-0.25, -0.2) is 0 Å². The number of methoxy groups -OCH3 is 2. The Morgan fingerprint density at radius 3 is 2.50 bits per heavy atom. The summed E-state index contributed by atoms with van der Waals surface area (Å²) in [5, 5.41) is 9.36. The first-order valence-electron chi connectivity index (χ1n) is 6.87. The Kier molecular flexibility index (Phi) is 3.63. The molecule has 0 saturated carbocycles. The summed E-state index contributed by atoms with van der Waals surface area (Å²) in [7, 11) is 3.05. The molecule has 1 heterocycles. The van der Waals surface area contributed by atoms with Gasteiger partial charge in [-0.3, -0.25) is 4.79 Å². The van der Waals surface area contributed by atoms with Gasteiger partial charge in [-0.15, -0.1) is 0 Å². The average Bonchev–Trinajstić information content (AvgIpc) is 2.54. The summed E-state index contributed by atoms with van der Waals surface area (Å²) in [4.78, 5) is 12.5. The highest BCUT2D eigenvalue weighted by Gasteiger charge is 2.31. The maximum atomic E-state index is 12.5. The van der Waals surface area contributed by atoms with Crippen LogP contribution in [-0.2, 0) is 0 Å². The third kappa shape index (κ3) is 2.45. The summed E-state index contributed by atoms with van der Waals surface area (Å²) in [6, 6.07) is 9.99. The minimum atomic E-state index is -0.391. The monoisotopic (exact) mass is 300 g/mol. The van der Waals surface area contributed by atoms with E-state index in [4.69, 9.17) is 14.2 Å². The fraction of sp³-hybridized carbons (Fsp3) is 0.235. The topological polar surface area (TPSA) is 65.0 Å². The second-order valence-electron chi connectivity index (χ2n) is 5.03. The number of fused-ring (bicyclic) bond motifs is 1. The van der Waals surface area contributed by atoms with Crippen molar-refractivity contribution in [2.45, 2.75) is 12.5 Å². The van der Waals surface area contributed by atoms with Crippen LogP contribution in [0.15, 0.2) is 36.4 Å². The fourth-order valence-corrected chi connectivity index (χ4v) is 2.55. The zero-order valence-electron chi connectivity index (χ0n) is 12.3. The van der Waals surface area contributed by atoms with E-state index in [0.717, 1.165) is 5.56 Å². The molecule has 0 fully saturated rings. The number of aromatic hydroxyl groups is 1. The van der Waals surface area contributed by atoms with E-state index in [1.165, 1.54) is 7.11 Å². The number of ketones is 1. The Hall–Kier alpha value is -2.69. The highest BCUT2D eigenvalue weighted by molar-refractivity contribution is 6.02. The van der Waals surface area contributed by atoms with Crippen molar-refractivity contribution in [3.05, 3.63) is 47.5 Å². The molecular weight excluding hydrogens is 284 g/mol. The van der Waals surface area contributed by atoms with Crippen molar-refractivity contribution in [3.63, 3.8) is 0 Å². The van der Waals surface area contributed by atoms with Gasteiger partial charge in [-0.1, -0.05) is 12.1 Å². The van der Waals surface area contributed by atoms with Crippen LogP contribution in [0.2, 0.25) is 0 Å². The van der Waals surface area contributed by atoms with Gasteiger partial charge in [0.05, 0.1) is 20.6 Å². The van der Waals surface area contributed by atoms with Gasteiger partial charge in [-0.2, -0.15) is 0 Å². The first kappa shape index (κ1) is 14.3. The first-order valence-corrected chi connectivity index (χ1v) is 6.87. The van der Waals surface area contributed by atoms with Crippen molar-refractivity contribution < 1.29 is 24.1 Å². The molecule has 0 unspecified atom stereocenters. The van der Waals surface area contributed by atoms with Crippen molar-refractivity contribution in [1.82, 2.24) is 0 Å². The SMILES string of the molecule is COc1cc(OC)c2c(c1)O[C@@H](c1ccc(O)cc1)CC2=O. The Balaban J connectivity index is 2.01. The molecule has 1 N–H and O–H groups in total. The molecule has 3 rings (SSSR count). The maximum Gasteiger partial charge on any atom is 0.174 e. The van der Waals surface area contributed by atoms with E-state index >= 15 is 0 Å². The number of carbonyl (C=O) groups excluding carboxylic acids is 1. The zero-order valence-corrected chi connectivity index (χ0v) is 12.3. The van der Waals surface area contributed by atoms with Gasteiger partial charge in [0.25, 0.3) is 0 Å². The minimum absolute atomic E-state index is 0.0428. The molecule has 0 spiro atoms. The molecule has 5 heteroatoms. The molecule has 1 aliphatic heterocycles.